The standard InChI is InChI=1S/C13H19N/c1-13(2,3)11-8-10(11)9-6-4-5-7-12(9)14/h4-7,10-11H,8,14H2,1-3H3. The van der Waals surface area contributed by atoms with Crippen molar-refractivity contribution in [2.75, 3.05) is 5.73 Å². The van der Waals surface area contributed by atoms with Crippen LogP contribution in [0.1, 0.15) is 38.7 Å². The molecule has 0 aliphatic heterocycles. The molecule has 1 aliphatic carbocycles. The van der Waals surface area contributed by atoms with Crippen LogP contribution in [-0.2, 0) is 0 Å². The van der Waals surface area contributed by atoms with Gasteiger partial charge in [0, 0.05) is 5.69 Å². The summed E-state index contributed by atoms with van der Waals surface area (Å²) < 4.78 is 0. The van der Waals surface area contributed by atoms with Crippen LogP contribution in [0.15, 0.2) is 24.3 Å². The van der Waals surface area contributed by atoms with Gasteiger partial charge in [0.1, 0.15) is 0 Å². The van der Waals surface area contributed by atoms with E-state index in [1.165, 1.54) is 12.0 Å². The second kappa shape index (κ2) is 3.01. The van der Waals surface area contributed by atoms with E-state index >= 15 is 0 Å². The molecule has 14 heavy (non-hydrogen) atoms. The van der Waals surface area contributed by atoms with Gasteiger partial charge in [0.15, 0.2) is 0 Å². The minimum Gasteiger partial charge on any atom is -0.398 e. The third-order valence-corrected chi connectivity index (χ3v) is 3.30. The van der Waals surface area contributed by atoms with Gasteiger partial charge in [-0.15, -0.1) is 0 Å². The van der Waals surface area contributed by atoms with Crippen LogP contribution in [0.25, 0.3) is 0 Å². The molecule has 0 spiro atoms. The van der Waals surface area contributed by atoms with Crippen molar-refractivity contribution in [1.29, 1.82) is 0 Å². The molecule has 1 aliphatic rings. The van der Waals surface area contributed by atoms with E-state index in [2.05, 4.69) is 32.9 Å². The van der Waals surface area contributed by atoms with Gasteiger partial charge in [-0.25, -0.2) is 0 Å². The van der Waals surface area contributed by atoms with Crippen LogP contribution in [-0.4, -0.2) is 0 Å². The smallest absolute Gasteiger partial charge is 0.0349 e. The molecule has 0 aromatic heterocycles. The molecule has 1 fully saturated rings. The number of anilines is 1. The molecule has 76 valence electrons. The van der Waals surface area contributed by atoms with Crippen molar-refractivity contribution in [2.45, 2.75) is 33.1 Å². The fourth-order valence-electron chi connectivity index (χ4n) is 2.34. The van der Waals surface area contributed by atoms with Crippen LogP contribution in [0.3, 0.4) is 0 Å². The molecule has 2 rings (SSSR count). The summed E-state index contributed by atoms with van der Waals surface area (Å²) >= 11 is 0. The SMILES string of the molecule is CC(C)(C)C1CC1c1ccccc1N. The number of hydrogen-bond acceptors (Lipinski definition) is 1. The molecule has 0 saturated heterocycles. The maximum absolute atomic E-state index is 5.97. The third-order valence-electron chi connectivity index (χ3n) is 3.30. The van der Waals surface area contributed by atoms with E-state index in [0.29, 0.717) is 11.3 Å². The van der Waals surface area contributed by atoms with E-state index in [0.717, 1.165) is 11.6 Å². The average Bonchev–Trinajstić information content (AvgIpc) is 2.83. The fourth-order valence-corrected chi connectivity index (χ4v) is 2.34. The minimum atomic E-state index is 0.424. The Bertz CT molecular complexity index is 335. The van der Waals surface area contributed by atoms with Gasteiger partial charge >= 0.3 is 0 Å². The Morgan fingerprint density at radius 2 is 1.86 bits per heavy atom. The Kier molecular flexibility index (Phi) is 2.06. The molecule has 1 aromatic rings. The van der Waals surface area contributed by atoms with Crippen LogP contribution in [0.2, 0.25) is 0 Å². The second-order valence-electron chi connectivity index (χ2n) is 5.44. The molecule has 0 radical (unpaired) electrons. The Morgan fingerprint density at radius 3 is 2.36 bits per heavy atom. The first-order valence-corrected chi connectivity index (χ1v) is 5.34. The van der Waals surface area contributed by atoms with Gasteiger partial charge < -0.3 is 5.73 Å². The zero-order chi connectivity index (χ0) is 10.3. The lowest BCUT2D eigenvalue weighted by Gasteiger charge is -2.18. The first-order chi connectivity index (χ1) is 6.50. The van der Waals surface area contributed by atoms with Crippen LogP contribution in [0, 0.1) is 11.3 Å². The Labute approximate surface area is 86.3 Å². The highest BCUT2D eigenvalue weighted by molar-refractivity contribution is 5.50. The highest BCUT2D eigenvalue weighted by atomic mass is 14.6. The second-order valence-corrected chi connectivity index (χ2v) is 5.44. The van der Waals surface area contributed by atoms with E-state index in [9.17, 15) is 0 Å². The van der Waals surface area contributed by atoms with Crippen molar-refractivity contribution in [2.24, 2.45) is 11.3 Å². The molecule has 1 heteroatoms. The van der Waals surface area contributed by atoms with Crippen molar-refractivity contribution in [3.8, 4) is 0 Å². The highest BCUT2D eigenvalue weighted by Gasteiger charge is 2.46. The van der Waals surface area contributed by atoms with Gasteiger partial charge in [0.25, 0.3) is 0 Å². The summed E-state index contributed by atoms with van der Waals surface area (Å²) in [5.41, 5.74) is 8.71. The summed E-state index contributed by atoms with van der Waals surface area (Å²) in [5.74, 6) is 1.52. The first-order valence-electron chi connectivity index (χ1n) is 5.34. The number of benzene rings is 1. The van der Waals surface area contributed by atoms with Gasteiger partial charge in [-0.3, -0.25) is 0 Å². The molecule has 1 aromatic carbocycles. The van der Waals surface area contributed by atoms with E-state index < -0.39 is 0 Å². The van der Waals surface area contributed by atoms with Gasteiger partial charge in [-0.1, -0.05) is 39.0 Å². The summed E-state index contributed by atoms with van der Waals surface area (Å²) in [6.07, 6.45) is 1.30. The van der Waals surface area contributed by atoms with Crippen molar-refractivity contribution in [3.05, 3.63) is 29.8 Å². The third kappa shape index (κ3) is 1.63. The van der Waals surface area contributed by atoms with Crippen LogP contribution in [0.4, 0.5) is 5.69 Å². The maximum Gasteiger partial charge on any atom is 0.0349 e. The lowest BCUT2D eigenvalue weighted by Crippen LogP contribution is -2.09. The lowest BCUT2D eigenvalue weighted by molar-refractivity contribution is 0.343. The largest absolute Gasteiger partial charge is 0.398 e. The predicted molar refractivity (Wildman–Crippen MR) is 61.2 cm³/mol. The number of para-hydroxylation sites is 1. The van der Waals surface area contributed by atoms with Crippen molar-refractivity contribution in [1.82, 2.24) is 0 Å². The molecule has 0 amide bonds. The van der Waals surface area contributed by atoms with Crippen LogP contribution in [0.5, 0.6) is 0 Å². The van der Waals surface area contributed by atoms with Crippen molar-refractivity contribution < 1.29 is 0 Å². The topological polar surface area (TPSA) is 26.0 Å². The number of nitrogens with two attached hydrogens (primary N) is 1. The number of hydrogen-bond donors (Lipinski definition) is 1. The summed E-state index contributed by atoms with van der Waals surface area (Å²) in [5, 5.41) is 0. The zero-order valence-electron chi connectivity index (χ0n) is 9.25. The monoisotopic (exact) mass is 189 g/mol. The Morgan fingerprint density at radius 1 is 1.21 bits per heavy atom. The lowest BCUT2D eigenvalue weighted by atomic mass is 9.87. The van der Waals surface area contributed by atoms with E-state index in [1.54, 1.807) is 0 Å². The minimum absolute atomic E-state index is 0.424. The highest BCUT2D eigenvalue weighted by Crippen LogP contribution is 2.57. The van der Waals surface area contributed by atoms with Gasteiger partial charge in [0.2, 0.25) is 0 Å². The molecule has 1 nitrogen and oxygen atoms in total. The molecule has 2 N–H and O–H groups in total. The molecular formula is C13H19N. The Balaban J connectivity index is 2.18. The summed E-state index contributed by atoms with van der Waals surface area (Å²) in [6.45, 7) is 6.95. The van der Waals surface area contributed by atoms with E-state index in [-0.39, 0.29) is 0 Å². The fraction of sp³-hybridized carbons (Fsp3) is 0.538. The summed E-state index contributed by atoms with van der Waals surface area (Å²) in [4.78, 5) is 0. The average molecular weight is 189 g/mol. The number of nitrogen functional groups attached to an aromatic ring is 1. The van der Waals surface area contributed by atoms with Crippen molar-refractivity contribution in [3.63, 3.8) is 0 Å². The zero-order valence-corrected chi connectivity index (χ0v) is 9.25. The number of rotatable bonds is 1. The molecule has 0 heterocycles. The summed E-state index contributed by atoms with van der Waals surface area (Å²) in [7, 11) is 0. The quantitative estimate of drug-likeness (QED) is 0.673. The Hall–Kier alpha value is -0.980. The summed E-state index contributed by atoms with van der Waals surface area (Å²) in [6, 6.07) is 8.27. The van der Waals surface area contributed by atoms with Gasteiger partial charge in [-0.05, 0) is 35.3 Å². The van der Waals surface area contributed by atoms with E-state index in [4.69, 9.17) is 5.73 Å². The molecule has 2 atom stereocenters. The maximum atomic E-state index is 5.97. The van der Waals surface area contributed by atoms with Crippen LogP contribution >= 0.6 is 0 Å². The van der Waals surface area contributed by atoms with Gasteiger partial charge in [-0.2, -0.15) is 0 Å². The predicted octanol–water partition coefficient (Wildman–Crippen LogP) is 3.42. The first kappa shape index (κ1) is 9.57. The van der Waals surface area contributed by atoms with Crippen LogP contribution < -0.4 is 5.73 Å². The molecule has 0 bridgehead atoms. The van der Waals surface area contributed by atoms with Gasteiger partial charge in [0.05, 0.1) is 0 Å². The molecular weight excluding hydrogens is 170 g/mol. The van der Waals surface area contributed by atoms with Crippen molar-refractivity contribution >= 4 is 5.69 Å². The molecule has 1 saturated carbocycles. The van der Waals surface area contributed by atoms with E-state index in [1.807, 2.05) is 12.1 Å². The molecule has 2 unspecified atom stereocenters. The normalized spacial score (nSPS) is 26.2.